The third-order valence-electron chi connectivity index (χ3n) is 3.71. The number of carbonyl (C=O) groups is 1. The Morgan fingerprint density at radius 2 is 2.28 bits per heavy atom. The molecule has 5 nitrogen and oxygen atoms in total. The number of piperidine rings is 1. The molecule has 100 valence electrons. The molecule has 18 heavy (non-hydrogen) atoms. The second-order valence-corrected chi connectivity index (χ2v) is 4.88. The van der Waals surface area contributed by atoms with Crippen molar-refractivity contribution in [2.75, 3.05) is 26.7 Å². The van der Waals surface area contributed by atoms with Crippen LogP contribution in [0.1, 0.15) is 31.4 Å². The topological polar surface area (TPSA) is 50.2 Å². The molecule has 1 aromatic rings. The predicted molar refractivity (Wildman–Crippen MR) is 70.4 cm³/mol. The lowest BCUT2D eigenvalue weighted by atomic mass is 9.95. The van der Waals surface area contributed by atoms with Crippen molar-refractivity contribution in [2.24, 2.45) is 0 Å². The molecule has 1 N–H and O–H groups in total. The average molecular weight is 250 g/mol. The standard InChI is InChI=1S/C13H22N4O/c1-3-16(2)13(18)9-17-10-15-8-12(17)11-4-6-14-7-5-11/h8,10-11,14H,3-7,9H2,1-2H3. The van der Waals surface area contributed by atoms with Crippen molar-refractivity contribution < 1.29 is 4.79 Å². The van der Waals surface area contributed by atoms with Gasteiger partial charge in [0, 0.05) is 31.4 Å². The van der Waals surface area contributed by atoms with Crippen molar-refractivity contribution in [3.05, 3.63) is 18.2 Å². The quantitative estimate of drug-likeness (QED) is 0.861. The van der Waals surface area contributed by atoms with E-state index in [0.29, 0.717) is 12.5 Å². The first kappa shape index (κ1) is 13.1. The zero-order valence-electron chi connectivity index (χ0n) is 11.2. The van der Waals surface area contributed by atoms with Crippen molar-refractivity contribution >= 4 is 5.91 Å². The fourth-order valence-electron chi connectivity index (χ4n) is 2.36. The Labute approximate surface area is 108 Å². The van der Waals surface area contributed by atoms with Gasteiger partial charge >= 0.3 is 0 Å². The first-order chi connectivity index (χ1) is 8.72. The van der Waals surface area contributed by atoms with Crippen molar-refractivity contribution in [1.82, 2.24) is 19.8 Å². The number of rotatable bonds is 4. The van der Waals surface area contributed by atoms with E-state index in [1.54, 1.807) is 11.2 Å². The van der Waals surface area contributed by atoms with E-state index in [9.17, 15) is 4.79 Å². The summed E-state index contributed by atoms with van der Waals surface area (Å²) in [4.78, 5) is 17.9. The van der Waals surface area contributed by atoms with Crippen LogP contribution in [-0.4, -0.2) is 47.0 Å². The van der Waals surface area contributed by atoms with E-state index in [1.807, 2.05) is 24.7 Å². The van der Waals surface area contributed by atoms with Gasteiger partial charge in [-0.2, -0.15) is 0 Å². The van der Waals surface area contributed by atoms with Gasteiger partial charge in [0.25, 0.3) is 0 Å². The first-order valence-corrected chi connectivity index (χ1v) is 6.67. The van der Waals surface area contributed by atoms with Crippen LogP contribution >= 0.6 is 0 Å². The molecule has 0 aromatic carbocycles. The molecule has 0 spiro atoms. The molecule has 2 heterocycles. The maximum atomic E-state index is 11.9. The smallest absolute Gasteiger partial charge is 0.242 e. The number of nitrogens with zero attached hydrogens (tertiary/aromatic N) is 3. The summed E-state index contributed by atoms with van der Waals surface area (Å²) in [7, 11) is 1.84. The van der Waals surface area contributed by atoms with Gasteiger partial charge in [0.05, 0.1) is 6.33 Å². The molecular weight excluding hydrogens is 228 g/mol. The van der Waals surface area contributed by atoms with E-state index in [2.05, 4.69) is 10.3 Å². The molecular formula is C13H22N4O. The van der Waals surface area contributed by atoms with Gasteiger partial charge < -0.3 is 14.8 Å². The molecule has 1 aliphatic heterocycles. The van der Waals surface area contributed by atoms with Crippen molar-refractivity contribution in [3.8, 4) is 0 Å². The number of hydrogen-bond donors (Lipinski definition) is 1. The zero-order chi connectivity index (χ0) is 13.0. The second-order valence-electron chi connectivity index (χ2n) is 4.88. The molecule has 0 bridgehead atoms. The Kier molecular flexibility index (Phi) is 4.36. The lowest BCUT2D eigenvalue weighted by molar-refractivity contribution is -0.130. The van der Waals surface area contributed by atoms with E-state index >= 15 is 0 Å². The predicted octanol–water partition coefficient (Wildman–Crippen LogP) is 0.828. The monoisotopic (exact) mass is 250 g/mol. The van der Waals surface area contributed by atoms with Crippen LogP contribution in [-0.2, 0) is 11.3 Å². The van der Waals surface area contributed by atoms with Gasteiger partial charge in [-0.3, -0.25) is 4.79 Å². The number of nitrogens with one attached hydrogen (secondary N) is 1. The van der Waals surface area contributed by atoms with Gasteiger partial charge in [0.2, 0.25) is 5.91 Å². The molecule has 1 saturated heterocycles. The van der Waals surface area contributed by atoms with Crippen LogP contribution in [0.15, 0.2) is 12.5 Å². The van der Waals surface area contributed by atoms with E-state index in [0.717, 1.165) is 32.5 Å². The molecule has 0 radical (unpaired) electrons. The number of amides is 1. The highest BCUT2D eigenvalue weighted by Gasteiger charge is 2.20. The SMILES string of the molecule is CCN(C)C(=O)Cn1cncc1C1CCNCC1. The van der Waals surface area contributed by atoms with Crippen LogP contribution in [0.2, 0.25) is 0 Å². The molecule has 5 heteroatoms. The molecule has 0 aliphatic carbocycles. The van der Waals surface area contributed by atoms with Crippen LogP contribution < -0.4 is 5.32 Å². The van der Waals surface area contributed by atoms with Gasteiger partial charge in [-0.05, 0) is 32.9 Å². The summed E-state index contributed by atoms with van der Waals surface area (Å²) >= 11 is 0. The van der Waals surface area contributed by atoms with Crippen molar-refractivity contribution in [2.45, 2.75) is 32.2 Å². The number of hydrogen-bond acceptors (Lipinski definition) is 3. The highest BCUT2D eigenvalue weighted by molar-refractivity contribution is 5.75. The van der Waals surface area contributed by atoms with E-state index in [1.165, 1.54) is 5.69 Å². The normalized spacial score (nSPS) is 16.8. The van der Waals surface area contributed by atoms with E-state index in [-0.39, 0.29) is 5.91 Å². The average Bonchev–Trinajstić information content (AvgIpc) is 2.86. The van der Waals surface area contributed by atoms with Crippen LogP contribution in [0.4, 0.5) is 0 Å². The second kappa shape index (κ2) is 6.00. The lowest BCUT2D eigenvalue weighted by Crippen LogP contribution is -2.31. The highest BCUT2D eigenvalue weighted by atomic mass is 16.2. The highest BCUT2D eigenvalue weighted by Crippen LogP contribution is 2.24. The number of carbonyl (C=O) groups excluding carboxylic acids is 1. The summed E-state index contributed by atoms with van der Waals surface area (Å²) in [5.74, 6) is 0.680. The minimum Gasteiger partial charge on any atom is -0.344 e. The lowest BCUT2D eigenvalue weighted by Gasteiger charge is -2.24. The Bertz CT molecular complexity index is 395. The number of likely N-dealkylation sites (N-methyl/N-ethyl adjacent to an activating group) is 1. The molecule has 1 aliphatic rings. The van der Waals surface area contributed by atoms with Crippen molar-refractivity contribution in [1.29, 1.82) is 0 Å². The van der Waals surface area contributed by atoms with Gasteiger partial charge in [-0.25, -0.2) is 4.98 Å². The Balaban J connectivity index is 2.05. The summed E-state index contributed by atoms with van der Waals surface area (Å²) in [5.41, 5.74) is 1.20. The first-order valence-electron chi connectivity index (χ1n) is 6.67. The largest absolute Gasteiger partial charge is 0.344 e. The summed E-state index contributed by atoms with van der Waals surface area (Å²) < 4.78 is 2.00. The molecule has 1 fully saturated rings. The summed E-state index contributed by atoms with van der Waals surface area (Å²) in [6.45, 7) is 5.25. The van der Waals surface area contributed by atoms with Gasteiger partial charge in [-0.15, -0.1) is 0 Å². The maximum Gasteiger partial charge on any atom is 0.242 e. The fraction of sp³-hybridized carbons (Fsp3) is 0.692. The van der Waals surface area contributed by atoms with Crippen LogP contribution in [0.3, 0.4) is 0 Å². The minimum atomic E-state index is 0.144. The maximum absolute atomic E-state index is 11.9. The Morgan fingerprint density at radius 1 is 1.56 bits per heavy atom. The molecule has 0 saturated carbocycles. The molecule has 2 rings (SSSR count). The molecule has 1 aromatic heterocycles. The molecule has 0 unspecified atom stereocenters. The molecule has 1 amide bonds. The molecule has 0 atom stereocenters. The zero-order valence-corrected chi connectivity index (χ0v) is 11.2. The number of imidazole rings is 1. The fourth-order valence-corrected chi connectivity index (χ4v) is 2.36. The summed E-state index contributed by atoms with van der Waals surface area (Å²) in [6, 6.07) is 0. The third-order valence-corrected chi connectivity index (χ3v) is 3.71. The summed E-state index contributed by atoms with van der Waals surface area (Å²) in [6.07, 6.45) is 5.95. The minimum absolute atomic E-state index is 0.144. The van der Waals surface area contributed by atoms with Gasteiger partial charge in [0.15, 0.2) is 0 Å². The van der Waals surface area contributed by atoms with Crippen molar-refractivity contribution in [3.63, 3.8) is 0 Å². The Hall–Kier alpha value is -1.36. The third kappa shape index (κ3) is 2.90. The van der Waals surface area contributed by atoms with Gasteiger partial charge in [-0.1, -0.05) is 0 Å². The number of aromatic nitrogens is 2. The van der Waals surface area contributed by atoms with E-state index < -0.39 is 0 Å². The van der Waals surface area contributed by atoms with Crippen LogP contribution in [0.5, 0.6) is 0 Å². The Morgan fingerprint density at radius 3 is 2.94 bits per heavy atom. The van der Waals surface area contributed by atoms with Gasteiger partial charge in [0.1, 0.15) is 6.54 Å². The van der Waals surface area contributed by atoms with Crippen LogP contribution in [0.25, 0.3) is 0 Å². The van der Waals surface area contributed by atoms with Crippen LogP contribution in [0, 0.1) is 0 Å². The van der Waals surface area contributed by atoms with E-state index in [4.69, 9.17) is 0 Å². The summed E-state index contributed by atoms with van der Waals surface area (Å²) in [5, 5.41) is 3.36.